The third kappa shape index (κ3) is 3.75. The summed E-state index contributed by atoms with van der Waals surface area (Å²) in [5.74, 6) is 1.31. The molecule has 1 saturated heterocycles. The van der Waals surface area contributed by atoms with Crippen LogP contribution in [0.25, 0.3) is 0 Å². The van der Waals surface area contributed by atoms with E-state index in [9.17, 15) is 4.79 Å². The van der Waals surface area contributed by atoms with Crippen molar-refractivity contribution in [3.8, 4) is 5.75 Å². The van der Waals surface area contributed by atoms with Crippen LogP contribution in [0.15, 0.2) is 24.3 Å². The van der Waals surface area contributed by atoms with Gasteiger partial charge in [0.15, 0.2) is 0 Å². The van der Waals surface area contributed by atoms with Gasteiger partial charge in [0, 0.05) is 31.8 Å². The number of aryl methyl sites for hydroxylation is 1. The molecule has 0 saturated carbocycles. The van der Waals surface area contributed by atoms with E-state index in [0.29, 0.717) is 0 Å². The molecule has 0 unspecified atom stereocenters. The fourth-order valence-electron chi connectivity index (χ4n) is 2.59. The van der Waals surface area contributed by atoms with Gasteiger partial charge >= 0.3 is 0 Å². The van der Waals surface area contributed by atoms with Crippen LogP contribution < -0.4 is 4.74 Å². The molecule has 1 aromatic rings. The minimum Gasteiger partial charge on any atom is -0.490 e. The average Bonchev–Trinajstić information content (AvgIpc) is 2.47. The molecule has 0 spiro atoms. The maximum Gasteiger partial charge on any atom is 0.225 e. The third-order valence-electron chi connectivity index (χ3n) is 3.86. The summed E-state index contributed by atoms with van der Waals surface area (Å²) in [6.07, 6.45) is 3.11. The van der Waals surface area contributed by atoms with Crippen LogP contribution in [0.4, 0.5) is 0 Å². The molecule has 110 valence electrons. The quantitative estimate of drug-likeness (QED) is 0.844. The number of carbonyl (C=O) groups excluding carboxylic acids is 1. The number of benzene rings is 1. The first-order valence-corrected chi connectivity index (χ1v) is 7.64. The zero-order valence-electron chi connectivity index (χ0n) is 12.8. The second-order valence-electron chi connectivity index (χ2n) is 5.80. The van der Waals surface area contributed by atoms with Gasteiger partial charge < -0.3 is 9.64 Å². The van der Waals surface area contributed by atoms with Crippen LogP contribution in [0, 0.1) is 5.92 Å². The number of rotatable bonds is 4. The van der Waals surface area contributed by atoms with Crippen LogP contribution in [0.5, 0.6) is 5.75 Å². The smallest absolute Gasteiger partial charge is 0.225 e. The molecule has 1 aromatic carbocycles. The highest BCUT2D eigenvalue weighted by atomic mass is 16.5. The average molecular weight is 275 g/mol. The highest BCUT2D eigenvalue weighted by molar-refractivity contribution is 5.78. The first kappa shape index (κ1) is 14.9. The predicted molar refractivity (Wildman–Crippen MR) is 80.9 cm³/mol. The van der Waals surface area contributed by atoms with Gasteiger partial charge in [-0.3, -0.25) is 4.79 Å². The summed E-state index contributed by atoms with van der Waals surface area (Å²) in [7, 11) is 0. The van der Waals surface area contributed by atoms with E-state index in [4.69, 9.17) is 4.74 Å². The van der Waals surface area contributed by atoms with Crippen LogP contribution in [-0.2, 0) is 11.2 Å². The molecule has 0 aliphatic carbocycles. The fourth-order valence-corrected chi connectivity index (χ4v) is 2.59. The topological polar surface area (TPSA) is 29.5 Å². The number of hydrogen-bond donors (Lipinski definition) is 0. The maximum absolute atomic E-state index is 11.9. The number of amides is 1. The number of piperidine rings is 1. The van der Waals surface area contributed by atoms with E-state index in [1.54, 1.807) is 0 Å². The number of likely N-dealkylation sites (tertiary alicyclic amines) is 1. The Balaban J connectivity index is 1.86. The van der Waals surface area contributed by atoms with Crippen LogP contribution in [0.2, 0.25) is 0 Å². The first-order chi connectivity index (χ1) is 9.60. The summed E-state index contributed by atoms with van der Waals surface area (Å²) in [6.45, 7) is 7.70. The van der Waals surface area contributed by atoms with Crippen LogP contribution in [0.3, 0.4) is 0 Å². The molecule has 0 aromatic heterocycles. The molecule has 1 aliphatic rings. The van der Waals surface area contributed by atoms with Crippen molar-refractivity contribution in [2.24, 2.45) is 5.92 Å². The Morgan fingerprint density at radius 2 is 2.05 bits per heavy atom. The standard InChI is InChI=1S/C17H25NO2/c1-4-14-6-5-7-16(12-14)20-15-8-10-18(11-9-15)17(19)13(2)3/h5-7,12-13,15H,4,8-11H2,1-3H3. The molecule has 3 nitrogen and oxygen atoms in total. The second kappa shape index (κ2) is 6.78. The van der Waals surface area contributed by atoms with Crippen molar-refractivity contribution in [2.45, 2.75) is 46.1 Å². The number of ether oxygens (including phenoxy) is 1. The van der Waals surface area contributed by atoms with E-state index in [1.165, 1.54) is 5.56 Å². The molecule has 0 radical (unpaired) electrons. The van der Waals surface area contributed by atoms with E-state index in [2.05, 4.69) is 19.1 Å². The molecular formula is C17H25NO2. The molecule has 1 aliphatic heterocycles. The lowest BCUT2D eigenvalue weighted by Gasteiger charge is -2.33. The minimum atomic E-state index is 0.0914. The Morgan fingerprint density at radius 1 is 1.35 bits per heavy atom. The number of carbonyl (C=O) groups is 1. The Bertz CT molecular complexity index is 448. The Hall–Kier alpha value is -1.51. The van der Waals surface area contributed by atoms with Gasteiger partial charge in [-0.2, -0.15) is 0 Å². The summed E-state index contributed by atoms with van der Waals surface area (Å²) >= 11 is 0. The predicted octanol–water partition coefficient (Wildman–Crippen LogP) is 3.27. The van der Waals surface area contributed by atoms with Crippen LogP contribution >= 0.6 is 0 Å². The lowest BCUT2D eigenvalue weighted by atomic mass is 10.1. The number of hydrogen-bond acceptors (Lipinski definition) is 2. The van der Waals surface area contributed by atoms with Crippen molar-refractivity contribution in [1.82, 2.24) is 4.90 Å². The third-order valence-corrected chi connectivity index (χ3v) is 3.86. The van der Waals surface area contributed by atoms with Crippen molar-refractivity contribution in [2.75, 3.05) is 13.1 Å². The van der Waals surface area contributed by atoms with Gasteiger partial charge in [-0.05, 0) is 24.1 Å². The van der Waals surface area contributed by atoms with Crippen molar-refractivity contribution in [3.05, 3.63) is 29.8 Å². The summed E-state index contributed by atoms with van der Waals surface area (Å²) in [4.78, 5) is 13.9. The van der Waals surface area contributed by atoms with Gasteiger partial charge in [-0.1, -0.05) is 32.9 Å². The lowest BCUT2D eigenvalue weighted by molar-refractivity contribution is -0.136. The van der Waals surface area contributed by atoms with Gasteiger partial charge in [-0.15, -0.1) is 0 Å². The summed E-state index contributed by atoms with van der Waals surface area (Å²) in [5.41, 5.74) is 1.30. The summed E-state index contributed by atoms with van der Waals surface area (Å²) in [5, 5.41) is 0. The Kier molecular flexibility index (Phi) is 5.05. The second-order valence-corrected chi connectivity index (χ2v) is 5.80. The van der Waals surface area contributed by atoms with Gasteiger partial charge in [-0.25, -0.2) is 0 Å². The number of nitrogens with zero attached hydrogens (tertiary/aromatic N) is 1. The molecule has 1 amide bonds. The van der Waals surface area contributed by atoms with Gasteiger partial charge in [0.05, 0.1) is 0 Å². The molecule has 20 heavy (non-hydrogen) atoms. The maximum atomic E-state index is 11.9. The van der Waals surface area contributed by atoms with E-state index < -0.39 is 0 Å². The van der Waals surface area contributed by atoms with E-state index >= 15 is 0 Å². The normalized spacial score (nSPS) is 16.5. The Labute approximate surface area is 121 Å². The van der Waals surface area contributed by atoms with Crippen LogP contribution in [-0.4, -0.2) is 30.0 Å². The Morgan fingerprint density at radius 3 is 2.65 bits per heavy atom. The molecule has 2 rings (SSSR count). The highest BCUT2D eigenvalue weighted by Gasteiger charge is 2.25. The summed E-state index contributed by atoms with van der Waals surface area (Å²) < 4.78 is 6.05. The molecule has 0 bridgehead atoms. The van der Waals surface area contributed by atoms with Crippen molar-refractivity contribution < 1.29 is 9.53 Å². The molecular weight excluding hydrogens is 250 g/mol. The van der Waals surface area contributed by atoms with E-state index in [0.717, 1.165) is 38.1 Å². The molecule has 0 N–H and O–H groups in total. The van der Waals surface area contributed by atoms with E-state index in [1.807, 2.05) is 30.9 Å². The van der Waals surface area contributed by atoms with Crippen molar-refractivity contribution >= 4 is 5.91 Å². The first-order valence-electron chi connectivity index (χ1n) is 7.64. The van der Waals surface area contributed by atoms with E-state index in [-0.39, 0.29) is 17.9 Å². The molecule has 0 atom stereocenters. The zero-order chi connectivity index (χ0) is 14.5. The lowest BCUT2D eigenvalue weighted by Crippen LogP contribution is -2.43. The summed E-state index contributed by atoms with van der Waals surface area (Å²) in [6, 6.07) is 8.30. The van der Waals surface area contributed by atoms with Gasteiger partial charge in [0.1, 0.15) is 11.9 Å². The van der Waals surface area contributed by atoms with Crippen molar-refractivity contribution in [1.29, 1.82) is 0 Å². The van der Waals surface area contributed by atoms with Crippen LogP contribution in [0.1, 0.15) is 39.2 Å². The van der Waals surface area contributed by atoms with Crippen molar-refractivity contribution in [3.63, 3.8) is 0 Å². The zero-order valence-corrected chi connectivity index (χ0v) is 12.8. The van der Waals surface area contributed by atoms with Gasteiger partial charge in [0.2, 0.25) is 5.91 Å². The highest BCUT2D eigenvalue weighted by Crippen LogP contribution is 2.21. The monoisotopic (exact) mass is 275 g/mol. The molecule has 3 heteroatoms. The fraction of sp³-hybridized carbons (Fsp3) is 0.588. The largest absolute Gasteiger partial charge is 0.490 e. The molecule has 1 fully saturated rings. The SMILES string of the molecule is CCc1cccc(OC2CCN(C(=O)C(C)C)CC2)c1. The minimum absolute atomic E-state index is 0.0914. The van der Waals surface area contributed by atoms with Gasteiger partial charge in [0.25, 0.3) is 0 Å². The molecule has 1 heterocycles.